The molecule has 0 atom stereocenters. The second-order valence-electron chi connectivity index (χ2n) is 7.15. The minimum atomic E-state index is 0.00203. The summed E-state index contributed by atoms with van der Waals surface area (Å²) in [5, 5.41) is 14.1. The van der Waals surface area contributed by atoms with Gasteiger partial charge in [-0.3, -0.25) is 9.69 Å². The zero-order valence-corrected chi connectivity index (χ0v) is 16.5. The largest absolute Gasteiger partial charge is 0.352 e. The highest BCUT2D eigenvalue weighted by Crippen LogP contribution is 2.13. The number of amides is 1. The molecule has 0 saturated carbocycles. The molecule has 0 spiro atoms. The molecule has 1 aromatic heterocycles. The fourth-order valence-electron chi connectivity index (χ4n) is 2.82. The molecule has 3 rings (SSSR count). The van der Waals surface area contributed by atoms with Crippen LogP contribution in [0.1, 0.15) is 30.5 Å². The van der Waals surface area contributed by atoms with E-state index in [2.05, 4.69) is 58.8 Å². The van der Waals surface area contributed by atoms with Crippen LogP contribution >= 0.6 is 0 Å². The molecule has 28 heavy (non-hydrogen) atoms. The van der Waals surface area contributed by atoms with Crippen LogP contribution in [0.15, 0.2) is 54.9 Å². The third-order valence-electron chi connectivity index (χ3n) is 4.81. The summed E-state index contributed by atoms with van der Waals surface area (Å²) in [6.07, 6.45) is 1.87. The number of aromatic nitrogens is 4. The fourth-order valence-corrected chi connectivity index (χ4v) is 2.82. The first-order valence-electron chi connectivity index (χ1n) is 9.39. The average Bonchev–Trinajstić information content (AvgIpc) is 3.22. The normalized spacial score (nSPS) is 11.2. The first-order chi connectivity index (χ1) is 13.5. The second kappa shape index (κ2) is 9.23. The van der Waals surface area contributed by atoms with Gasteiger partial charge in [-0.2, -0.15) is 0 Å². The summed E-state index contributed by atoms with van der Waals surface area (Å²) >= 11 is 0. The van der Waals surface area contributed by atoms with Gasteiger partial charge < -0.3 is 5.32 Å². The van der Waals surface area contributed by atoms with Crippen LogP contribution in [-0.2, 0) is 24.3 Å². The Labute approximate surface area is 165 Å². The summed E-state index contributed by atoms with van der Waals surface area (Å²) in [4.78, 5) is 14.7. The van der Waals surface area contributed by atoms with Gasteiger partial charge in [0.05, 0.1) is 12.1 Å². The molecule has 0 aliphatic carbocycles. The highest BCUT2D eigenvalue weighted by Gasteiger charge is 2.10. The van der Waals surface area contributed by atoms with Gasteiger partial charge in [0.25, 0.3) is 0 Å². The number of carbonyl (C=O) groups is 1. The van der Waals surface area contributed by atoms with Crippen molar-refractivity contribution in [2.45, 2.75) is 39.4 Å². The van der Waals surface area contributed by atoms with Gasteiger partial charge in [0.1, 0.15) is 6.33 Å². The molecule has 1 heterocycles. The van der Waals surface area contributed by atoms with E-state index in [4.69, 9.17) is 0 Å². The molecule has 3 aromatic rings. The Kier molecular flexibility index (Phi) is 6.49. The van der Waals surface area contributed by atoms with Crippen molar-refractivity contribution >= 4 is 5.91 Å². The van der Waals surface area contributed by atoms with E-state index in [0.717, 1.165) is 23.4 Å². The predicted octanol–water partition coefficient (Wildman–Crippen LogP) is 2.36. The number of tetrazole rings is 1. The number of rotatable bonds is 8. The molecule has 7 nitrogen and oxygen atoms in total. The lowest BCUT2D eigenvalue weighted by atomic mass is 10.1. The third-order valence-corrected chi connectivity index (χ3v) is 4.81. The molecule has 1 amide bonds. The van der Waals surface area contributed by atoms with Crippen molar-refractivity contribution in [1.29, 1.82) is 0 Å². The van der Waals surface area contributed by atoms with E-state index in [1.165, 1.54) is 11.9 Å². The Hall–Kier alpha value is -3.06. The predicted molar refractivity (Wildman–Crippen MR) is 108 cm³/mol. The van der Waals surface area contributed by atoms with E-state index >= 15 is 0 Å². The first-order valence-corrected chi connectivity index (χ1v) is 9.39. The Morgan fingerprint density at radius 2 is 1.82 bits per heavy atom. The lowest BCUT2D eigenvalue weighted by Gasteiger charge is -2.22. The summed E-state index contributed by atoms with van der Waals surface area (Å²) in [6.45, 7) is 5.75. The average molecular weight is 378 g/mol. The smallest absolute Gasteiger partial charge is 0.224 e. The first kappa shape index (κ1) is 19.7. The van der Waals surface area contributed by atoms with Gasteiger partial charge in [-0.1, -0.05) is 36.4 Å². The maximum Gasteiger partial charge on any atom is 0.224 e. The Balaban J connectivity index is 1.56. The van der Waals surface area contributed by atoms with E-state index in [-0.39, 0.29) is 5.91 Å². The van der Waals surface area contributed by atoms with E-state index in [9.17, 15) is 4.79 Å². The zero-order chi connectivity index (χ0) is 19.9. The standard InChI is InChI=1S/C21H26N6O/c1-16(2)26(3)14-19-7-5-4-6-18(19)13-22-21(28)12-17-8-10-20(11-9-17)27-15-23-24-25-27/h4-11,15-16H,12-14H2,1-3H3,(H,22,28). The number of hydrogen-bond acceptors (Lipinski definition) is 5. The van der Waals surface area contributed by atoms with Crippen molar-refractivity contribution in [3.63, 3.8) is 0 Å². The summed E-state index contributed by atoms with van der Waals surface area (Å²) in [6, 6.07) is 16.4. The van der Waals surface area contributed by atoms with Crippen LogP contribution in [0.5, 0.6) is 0 Å². The zero-order valence-electron chi connectivity index (χ0n) is 16.5. The van der Waals surface area contributed by atoms with E-state index in [1.54, 1.807) is 4.68 Å². The summed E-state index contributed by atoms with van der Waals surface area (Å²) < 4.78 is 1.58. The van der Waals surface area contributed by atoms with Crippen LogP contribution in [0.25, 0.3) is 5.69 Å². The molecule has 0 aliphatic rings. The van der Waals surface area contributed by atoms with Gasteiger partial charge in [0, 0.05) is 19.1 Å². The molecule has 0 aliphatic heterocycles. The molecule has 1 N–H and O–H groups in total. The van der Waals surface area contributed by atoms with Gasteiger partial charge in [0.15, 0.2) is 0 Å². The van der Waals surface area contributed by atoms with Crippen molar-refractivity contribution in [3.8, 4) is 5.69 Å². The molecule has 0 saturated heterocycles. The molecule has 2 aromatic carbocycles. The van der Waals surface area contributed by atoms with Gasteiger partial charge in [-0.25, -0.2) is 4.68 Å². The summed E-state index contributed by atoms with van der Waals surface area (Å²) in [5.41, 5.74) is 4.20. The van der Waals surface area contributed by atoms with Gasteiger partial charge >= 0.3 is 0 Å². The van der Waals surface area contributed by atoms with Crippen LogP contribution in [0.3, 0.4) is 0 Å². The van der Waals surface area contributed by atoms with Crippen molar-refractivity contribution in [1.82, 2.24) is 30.4 Å². The topological polar surface area (TPSA) is 75.9 Å². The van der Waals surface area contributed by atoms with E-state index in [1.807, 2.05) is 36.4 Å². The Morgan fingerprint density at radius 3 is 2.46 bits per heavy atom. The lowest BCUT2D eigenvalue weighted by molar-refractivity contribution is -0.120. The Bertz CT molecular complexity index is 890. The quantitative estimate of drug-likeness (QED) is 0.651. The van der Waals surface area contributed by atoms with Crippen molar-refractivity contribution in [2.75, 3.05) is 7.05 Å². The summed E-state index contributed by atoms with van der Waals surface area (Å²) in [7, 11) is 2.11. The van der Waals surface area contributed by atoms with Gasteiger partial charge in [-0.15, -0.1) is 5.10 Å². The van der Waals surface area contributed by atoms with Crippen LogP contribution in [0, 0.1) is 0 Å². The molecule has 146 valence electrons. The Morgan fingerprint density at radius 1 is 1.11 bits per heavy atom. The number of carbonyl (C=O) groups excluding carboxylic acids is 1. The van der Waals surface area contributed by atoms with Crippen LogP contribution in [-0.4, -0.2) is 44.1 Å². The van der Waals surface area contributed by atoms with Crippen LogP contribution in [0.4, 0.5) is 0 Å². The monoisotopic (exact) mass is 378 g/mol. The minimum absolute atomic E-state index is 0.00203. The molecule has 0 bridgehead atoms. The van der Waals surface area contributed by atoms with Gasteiger partial charge in [0.2, 0.25) is 5.91 Å². The van der Waals surface area contributed by atoms with Gasteiger partial charge in [-0.05, 0) is 60.1 Å². The maximum absolute atomic E-state index is 12.4. The molecule has 0 unspecified atom stereocenters. The second-order valence-corrected chi connectivity index (χ2v) is 7.15. The van der Waals surface area contributed by atoms with E-state index < -0.39 is 0 Å². The van der Waals surface area contributed by atoms with Crippen LogP contribution in [0.2, 0.25) is 0 Å². The van der Waals surface area contributed by atoms with Crippen molar-refractivity contribution in [2.24, 2.45) is 0 Å². The van der Waals surface area contributed by atoms with E-state index in [0.29, 0.717) is 19.0 Å². The molecule has 0 fully saturated rings. The maximum atomic E-state index is 12.4. The fraction of sp³-hybridized carbons (Fsp3) is 0.333. The number of hydrogen-bond donors (Lipinski definition) is 1. The lowest BCUT2D eigenvalue weighted by Crippen LogP contribution is -2.28. The molecule has 0 radical (unpaired) electrons. The number of nitrogens with zero attached hydrogens (tertiary/aromatic N) is 5. The SMILES string of the molecule is CC(C)N(C)Cc1ccccc1CNC(=O)Cc1ccc(-n2cnnn2)cc1. The molecular formula is C21H26N6O. The minimum Gasteiger partial charge on any atom is -0.352 e. The number of benzene rings is 2. The molecule has 7 heteroatoms. The summed E-state index contributed by atoms with van der Waals surface area (Å²) in [5.74, 6) is 0.00203. The highest BCUT2D eigenvalue weighted by atomic mass is 16.1. The third kappa shape index (κ3) is 5.23. The number of nitrogens with one attached hydrogen (secondary N) is 1. The van der Waals surface area contributed by atoms with Crippen molar-refractivity contribution < 1.29 is 4.79 Å². The highest BCUT2D eigenvalue weighted by molar-refractivity contribution is 5.78. The molecular weight excluding hydrogens is 352 g/mol. The van der Waals surface area contributed by atoms with Crippen molar-refractivity contribution in [3.05, 3.63) is 71.5 Å². The van der Waals surface area contributed by atoms with Crippen LogP contribution < -0.4 is 5.32 Å².